The minimum Gasteiger partial charge on any atom is -0.507 e. The maximum atomic E-state index is 13.9. The Hall–Kier alpha value is -1.62. The Morgan fingerprint density at radius 2 is 2.19 bits per heavy atom. The van der Waals surface area contributed by atoms with E-state index in [2.05, 4.69) is 5.32 Å². The Morgan fingerprint density at radius 1 is 1.38 bits per heavy atom. The van der Waals surface area contributed by atoms with Gasteiger partial charge >= 0.3 is 0 Å². The first-order valence-corrected chi connectivity index (χ1v) is 7.66. The molecular weight excluding hydrogens is 271 g/mol. The lowest BCUT2D eigenvalue weighted by Crippen LogP contribution is -2.42. The number of carbonyl (C=O) groups is 1. The van der Waals surface area contributed by atoms with Crippen LogP contribution in [0.5, 0.6) is 5.75 Å². The van der Waals surface area contributed by atoms with Crippen LogP contribution in [0.25, 0.3) is 0 Å². The van der Waals surface area contributed by atoms with E-state index in [0.717, 1.165) is 38.8 Å². The first-order valence-electron chi connectivity index (χ1n) is 7.66. The molecule has 1 heterocycles. The van der Waals surface area contributed by atoms with E-state index in [1.54, 1.807) is 4.90 Å². The smallest absolute Gasteiger partial charge is 0.260 e. The molecule has 2 N–H and O–H groups in total. The quantitative estimate of drug-likeness (QED) is 0.894. The fourth-order valence-electron chi connectivity index (χ4n) is 3.01. The highest BCUT2D eigenvalue weighted by Crippen LogP contribution is 2.32. The summed E-state index contributed by atoms with van der Waals surface area (Å²) in [6.07, 6.45) is 4.15. The van der Waals surface area contributed by atoms with Gasteiger partial charge in [0.2, 0.25) is 0 Å². The molecule has 5 heteroatoms. The highest BCUT2D eigenvalue weighted by molar-refractivity contribution is 5.97. The highest BCUT2D eigenvalue weighted by atomic mass is 19.1. The normalized spacial score (nSPS) is 22.0. The highest BCUT2D eigenvalue weighted by Gasteiger charge is 2.36. The van der Waals surface area contributed by atoms with Gasteiger partial charge in [0.05, 0.1) is 0 Å². The molecule has 2 fully saturated rings. The number of halogens is 1. The van der Waals surface area contributed by atoms with Crippen molar-refractivity contribution in [3.8, 4) is 5.75 Å². The zero-order valence-corrected chi connectivity index (χ0v) is 12.0. The van der Waals surface area contributed by atoms with Gasteiger partial charge in [-0.2, -0.15) is 0 Å². The number of hydrogen-bond donors (Lipinski definition) is 2. The largest absolute Gasteiger partial charge is 0.507 e. The molecule has 1 aromatic carbocycles. The number of phenolic OH excluding ortho intramolecular Hbond substituents is 1. The number of piperidine rings is 1. The van der Waals surface area contributed by atoms with Gasteiger partial charge in [-0.3, -0.25) is 4.79 Å². The number of nitrogens with zero attached hydrogens (tertiary/aromatic N) is 1. The second-order valence-corrected chi connectivity index (χ2v) is 6.04. The maximum absolute atomic E-state index is 13.9. The number of rotatable bonds is 4. The molecule has 1 aromatic rings. The van der Waals surface area contributed by atoms with Crippen LogP contribution >= 0.6 is 0 Å². The molecule has 1 unspecified atom stereocenters. The molecule has 1 atom stereocenters. The minimum absolute atomic E-state index is 0.187. The van der Waals surface area contributed by atoms with Crippen LogP contribution in [-0.2, 0) is 0 Å². The first-order chi connectivity index (χ1) is 10.2. The molecule has 2 aliphatic rings. The average molecular weight is 292 g/mol. The van der Waals surface area contributed by atoms with Crippen molar-refractivity contribution in [1.29, 1.82) is 0 Å². The lowest BCUT2D eigenvalue weighted by Gasteiger charge is -2.30. The van der Waals surface area contributed by atoms with Crippen LogP contribution in [0, 0.1) is 11.7 Å². The molecule has 1 aliphatic heterocycles. The second kappa shape index (κ2) is 6.02. The van der Waals surface area contributed by atoms with Crippen molar-refractivity contribution in [3.05, 3.63) is 29.6 Å². The number of aromatic hydroxyl groups is 1. The maximum Gasteiger partial charge on any atom is 0.260 e. The molecule has 4 nitrogen and oxygen atoms in total. The topological polar surface area (TPSA) is 52.6 Å². The van der Waals surface area contributed by atoms with E-state index in [0.29, 0.717) is 12.5 Å². The average Bonchev–Trinajstić information content (AvgIpc) is 3.30. The van der Waals surface area contributed by atoms with Gasteiger partial charge in [-0.1, -0.05) is 6.07 Å². The van der Waals surface area contributed by atoms with Crippen LogP contribution in [0.2, 0.25) is 0 Å². The van der Waals surface area contributed by atoms with Gasteiger partial charge in [0.15, 0.2) is 0 Å². The number of phenols is 1. The number of amides is 1. The van der Waals surface area contributed by atoms with Gasteiger partial charge < -0.3 is 15.3 Å². The van der Waals surface area contributed by atoms with Gasteiger partial charge in [0, 0.05) is 12.6 Å². The summed E-state index contributed by atoms with van der Waals surface area (Å²) in [7, 11) is 0. The molecule has 0 spiro atoms. The summed E-state index contributed by atoms with van der Waals surface area (Å²) >= 11 is 0. The van der Waals surface area contributed by atoms with E-state index >= 15 is 0 Å². The van der Waals surface area contributed by atoms with E-state index in [-0.39, 0.29) is 23.3 Å². The number of hydrogen-bond acceptors (Lipinski definition) is 3. The van der Waals surface area contributed by atoms with Gasteiger partial charge in [0.1, 0.15) is 17.1 Å². The van der Waals surface area contributed by atoms with Crippen LogP contribution in [0.3, 0.4) is 0 Å². The standard InChI is InChI=1S/C16H21FN2O2/c17-13-4-1-5-14(20)15(13)16(21)19(12-6-7-12)10-11-3-2-8-18-9-11/h1,4-5,11-12,18,20H,2-3,6-10H2. The summed E-state index contributed by atoms with van der Waals surface area (Å²) in [6.45, 7) is 2.58. The van der Waals surface area contributed by atoms with Crippen LogP contribution in [0.15, 0.2) is 18.2 Å². The van der Waals surface area contributed by atoms with Crippen molar-refractivity contribution >= 4 is 5.91 Å². The Balaban J connectivity index is 1.78. The van der Waals surface area contributed by atoms with Gasteiger partial charge in [-0.15, -0.1) is 0 Å². The summed E-state index contributed by atoms with van der Waals surface area (Å²) in [5, 5.41) is 13.2. The van der Waals surface area contributed by atoms with Crippen molar-refractivity contribution < 1.29 is 14.3 Å². The molecular formula is C16H21FN2O2. The second-order valence-electron chi connectivity index (χ2n) is 6.04. The number of benzene rings is 1. The summed E-state index contributed by atoms with van der Waals surface area (Å²) in [5.41, 5.74) is -0.187. The molecule has 1 amide bonds. The summed E-state index contributed by atoms with van der Waals surface area (Å²) < 4.78 is 13.9. The van der Waals surface area contributed by atoms with Crippen molar-refractivity contribution in [2.45, 2.75) is 31.7 Å². The fourth-order valence-corrected chi connectivity index (χ4v) is 3.01. The third-order valence-electron chi connectivity index (χ3n) is 4.31. The van der Waals surface area contributed by atoms with Crippen LogP contribution in [0.4, 0.5) is 4.39 Å². The van der Waals surface area contributed by atoms with E-state index in [9.17, 15) is 14.3 Å². The predicted molar refractivity (Wildman–Crippen MR) is 77.7 cm³/mol. The lowest BCUT2D eigenvalue weighted by molar-refractivity contribution is 0.0696. The first kappa shape index (κ1) is 14.3. The van der Waals surface area contributed by atoms with Crippen LogP contribution < -0.4 is 5.32 Å². The fraction of sp³-hybridized carbons (Fsp3) is 0.562. The monoisotopic (exact) mass is 292 g/mol. The molecule has 0 radical (unpaired) electrons. The van der Waals surface area contributed by atoms with Crippen molar-refractivity contribution in [3.63, 3.8) is 0 Å². The summed E-state index contributed by atoms with van der Waals surface area (Å²) in [5.74, 6) is -0.879. The molecule has 21 heavy (non-hydrogen) atoms. The molecule has 1 aliphatic carbocycles. The Kier molecular flexibility index (Phi) is 4.10. The Bertz CT molecular complexity index is 505. The van der Waals surface area contributed by atoms with Crippen molar-refractivity contribution in [2.24, 2.45) is 5.92 Å². The van der Waals surface area contributed by atoms with Crippen LogP contribution in [0.1, 0.15) is 36.0 Å². The third kappa shape index (κ3) is 3.18. The zero-order valence-electron chi connectivity index (χ0n) is 12.0. The zero-order chi connectivity index (χ0) is 14.8. The van der Waals surface area contributed by atoms with Crippen LogP contribution in [-0.4, -0.2) is 41.6 Å². The summed E-state index contributed by atoms with van der Waals surface area (Å²) in [4.78, 5) is 14.4. The molecule has 1 saturated heterocycles. The van der Waals surface area contributed by atoms with E-state index in [4.69, 9.17) is 0 Å². The van der Waals surface area contributed by atoms with Crippen molar-refractivity contribution in [1.82, 2.24) is 10.2 Å². The lowest BCUT2D eigenvalue weighted by atomic mass is 9.98. The molecule has 1 saturated carbocycles. The number of nitrogens with one attached hydrogen (secondary N) is 1. The molecule has 3 rings (SSSR count). The molecule has 0 bridgehead atoms. The summed E-state index contributed by atoms with van der Waals surface area (Å²) in [6, 6.07) is 4.20. The van der Waals surface area contributed by atoms with Crippen molar-refractivity contribution in [2.75, 3.05) is 19.6 Å². The van der Waals surface area contributed by atoms with Gasteiger partial charge in [-0.05, 0) is 56.8 Å². The van der Waals surface area contributed by atoms with E-state index < -0.39 is 5.82 Å². The van der Waals surface area contributed by atoms with E-state index in [1.165, 1.54) is 18.2 Å². The molecule has 114 valence electrons. The van der Waals surface area contributed by atoms with Gasteiger partial charge in [0.25, 0.3) is 5.91 Å². The predicted octanol–water partition coefficient (Wildman–Crippen LogP) is 2.14. The minimum atomic E-state index is -0.646. The Morgan fingerprint density at radius 3 is 2.81 bits per heavy atom. The SMILES string of the molecule is O=C(c1c(O)cccc1F)N(CC1CCCNC1)C1CC1. The molecule has 0 aromatic heterocycles. The van der Waals surface area contributed by atoms with E-state index in [1.807, 2.05) is 0 Å². The third-order valence-corrected chi connectivity index (χ3v) is 4.31. The van der Waals surface area contributed by atoms with Gasteiger partial charge in [-0.25, -0.2) is 4.39 Å². The number of carbonyl (C=O) groups excluding carboxylic acids is 1. The Labute approximate surface area is 124 Å².